The lowest BCUT2D eigenvalue weighted by atomic mass is 10.1. The van der Waals surface area contributed by atoms with E-state index in [2.05, 4.69) is 11.8 Å². The highest BCUT2D eigenvalue weighted by Crippen LogP contribution is 2.15. The first-order valence-corrected chi connectivity index (χ1v) is 8.13. The van der Waals surface area contributed by atoms with Crippen LogP contribution in [0.2, 0.25) is 0 Å². The molecule has 0 aliphatic carbocycles. The normalized spacial score (nSPS) is 20.6. The number of carbonyl (C=O) groups is 1. The summed E-state index contributed by atoms with van der Waals surface area (Å²) in [5, 5.41) is 0. The summed E-state index contributed by atoms with van der Waals surface area (Å²) in [6.45, 7) is 15.1. The van der Waals surface area contributed by atoms with Crippen molar-refractivity contribution in [2.45, 2.75) is 59.1 Å². The Kier molecular flexibility index (Phi) is 7.46. The Bertz CT molecular complexity index is 315. The van der Waals surface area contributed by atoms with Crippen molar-refractivity contribution in [3.05, 3.63) is 0 Å². The molecular formula is C16H32N2O3. The molecule has 1 rings (SSSR count). The molecule has 0 spiro atoms. The van der Waals surface area contributed by atoms with Crippen LogP contribution in [-0.2, 0) is 9.47 Å². The second-order valence-electron chi connectivity index (χ2n) is 6.72. The van der Waals surface area contributed by atoms with Gasteiger partial charge in [-0.25, -0.2) is 4.79 Å². The van der Waals surface area contributed by atoms with E-state index in [4.69, 9.17) is 9.47 Å². The van der Waals surface area contributed by atoms with E-state index in [0.29, 0.717) is 6.04 Å². The molecule has 5 nitrogen and oxygen atoms in total. The molecule has 1 aliphatic heterocycles. The molecule has 1 saturated heterocycles. The van der Waals surface area contributed by atoms with Crippen LogP contribution in [0, 0.1) is 0 Å². The Morgan fingerprint density at radius 3 is 2.52 bits per heavy atom. The van der Waals surface area contributed by atoms with Gasteiger partial charge in [-0.15, -0.1) is 0 Å². The first-order chi connectivity index (χ1) is 9.83. The lowest BCUT2D eigenvalue weighted by Crippen LogP contribution is -2.54. The summed E-state index contributed by atoms with van der Waals surface area (Å²) in [5.41, 5.74) is -0.420. The van der Waals surface area contributed by atoms with Gasteiger partial charge in [-0.1, -0.05) is 0 Å². The van der Waals surface area contributed by atoms with Crippen molar-refractivity contribution < 1.29 is 14.3 Å². The molecule has 1 fully saturated rings. The highest BCUT2D eigenvalue weighted by Gasteiger charge is 2.29. The van der Waals surface area contributed by atoms with Gasteiger partial charge in [0.2, 0.25) is 0 Å². The van der Waals surface area contributed by atoms with Gasteiger partial charge in [0.05, 0.1) is 0 Å². The summed E-state index contributed by atoms with van der Waals surface area (Å²) >= 11 is 0. The van der Waals surface area contributed by atoms with Crippen LogP contribution < -0.4 is 0 Å². The van der Waals surface area contributed by atoms with Crippen molar-refractivity contribution in [3.63, 3.8) is 0 Å². The van der Waals surface area contributed by atoms with Gasteiger partial charge in [0.25, 0.3) is 0 Å². The molecule has 0 aromatic rings. The fraction of sp³-hybridized carbons (Fsp3) is 0.938. The van der Waals surface area contributed by atoms with Crippen molar-refractivity contribution >= 4 is 6.09 Å². The molecule has 1 heterocycles. The van der Waals surface area contributed by atoms with E-state index in [1.54, 1.807) is 0 Å². The van der Waals surface area contributed by atoms with Gasteiger partial charge >= 0.3 is 6.09 Å². The zero-order valence-corrected chi connectivity index (χ0v) is 14.4. The maximum absolute atomic E-state index is 12.1. The Morgan fingerprint density at radius 1 is 1.24 bits per heavy atom. The molecule has 1 amide bonds. The Balaban J connectivity index is 2.28. The second kappa shape index (κ2) is 8.59. The highest BCUT2D eigenvalue weighted by molar-refractivity contribution is 5.68. The van der Waals surface area contributed by atoms with Crippen LogP contribution in [0.25, 0.3) is 0 Å². The smallest absolute Gasteiger partial charge is 0.410 e. The third kappa shape index (κ3) is 7.14. The molecule has 0 radical (unpaired) electrons. The van der Waals surface area contributed by atoms with E-state index in [-0.39, 0.29) is 6.09 Å². The number of hydrogen-bond donors (Lipinski definition) is 0. The lowest BCUT2D eigenvalue weighted by Gasteiger charge is -2.40. The number of hydrogen-bond acceptors (Lipinski definition) is 4. The zero-order valence-electron chi connectivity index (χ0n) is 14.4. The van der Waals surface area contributed by atoms with E-state index in [0.717, 1.165) is 52.2 Å². The summed E-state index contributed by atoms with van der Waals surface area (Å²) in [4.78, 5) is 16.3. The second-order valence-corrected chi connectivity index (χ2v) is 6.72. The Labute approximate surface area is 129 Å². The molecule has 0 bridgehead atoms. The minimum Gasteiger partial charge on any atom is -0.444 e. The number of piperazine rings is 1. The average Bonchev–Trinajstić information content (AvgIpc) is 2.38. The standard InChI is InChI=1S/C16H32N2O3/c1-6-20-12-8-7-9-17-10-11-18(13-14(17)2)15(19)21-16(3,4)5/h14H,6-13H2,1-5H3/t14-/m0/s1. The zero-order chi connectivity index (χ0) is 15.9. The lowest BCUT2D eigenvalue weighted by molar-refractivity contribution is 0.00537. The maximum Gasteiger partial charge on any atom is 0.410 e. The molecule has 0 N–H and O–H groups in total. The third-order valence-corrected chi connectivity index (χ3v) is 3.60. The van der Waals surface area contributed by atoms with Gasteiger partial charge in [0.1, 0.15) is 5.60 Å². The minimum absolute atomic E-state index is 0.189. The van der Waals surface area contributed by atoms with Gasteiger partial charge < -0.3 is 14.4 Å². The van der Waals surface area contributed by atoms with Crippen LogP contribution in [-0.4, -0.2) is 66.9 Å². The van der Waals surface area contributed by atoms with Gasteiger partial charge in [-0.05, 0) is 54.0 Å². The summed E-state index contributed by atoms with van der Waals surface area (Å²) < 4.78 is 10.8. The van der Waals surface area contributed by atoms with Crippen LogP contribution in [0.3, 0.4) is 0 Å². The SMILES string of the molecule is CCOCCCCN1CCN(C(=O)OC(C)(C)C)C[C@@H]1C. The number of nitrogens with zero attached hydrogens (tertiary/aromatic N) is 2. The van der Waals surface area contributed by atoms with Crippen LogP contribution in [0.4, 0.5) is 4.79 Å². The predicted octanol–water partition coefficient (Wildman–Crippen LogP) is 2.74. The molecular weight excluding hydrogens is 268 g/mol. The van der Waals surface area contributed by atoms with E-state index < -0.39 is 5.60 Å². The molecule has 1 aliphatic rings. The molecule has 0 aromatic carbocycles. The average molecular weight is 300 g/mol. The van der Waals surface area contributed by atoms with Crippen molar-refractivity contribution in [2.24, 2.45) is 0 Å². The van der Waals surface area contributed by atoms with Crippen LogP contribution in [0.15, 0.2) is 0 Å². The summed E-state index contributed by atoms with van der Waals surface area (Å²) in [6, 6.07) is 0.387. The number of unbranched alkanes of at least 4 members (excludes halogenated alkanes) is 1. The molecule has 0 saturated carbocycles. The van der Waals surface area contributed by atoms with E-state index >= 15 is 0 Å². The topological polar surface area (TPSA) is 42.0 Å². The van der Waals surface area contributed by atoms with Gasteiger partial charge in [-0.3, -0.25) is 4.90 Å². The maximum atomic E-state index is 12.1. The highest BCUT2D eigenvalue weighted by atomic mass is 16.6. The minimum atomic E-state index is -0.420. The number of rotatable bonds is 6. The molecule has 5 heteroatoms. The van der Waals surface area contributed by atoms with Gasteiger partial charge in [0.15, 0.2) is 0 Å². The van der Waals surface area contributed by atoms with E-state index in [9.17, 15) is 4.79 Å². The van der Waals surface area contributed by atoms with Crippen molar-refractivity contribution in [1.82, 2.24) is 9.80 Å². The van der Waals surface area contributed by atoms with Crippen LogP contribution in [0.1, 0.15) is 47.5 Å². The summed E-state index contributed by atoms with van der Waals surface area (Å²) in [5.74, 6) is 0. The van der Waals surface area contributed by atoms with Crippen LogP contribution in [0.5, 0.6) is 0 Å². The van der Waals surface area contributed by atoms with Crippen molar-refractivity contribution in [2.75, 3.05) is 39.4 Å². The largest absolute Gasteiger partial charge is 0.444 e. The molecule has 0 unspecified atom stereocenters. The fourth-order valence-corrected chi connectivity index (χ4v) is 2.48. The number of ether oxygens (including phenoxy) is 2. The monoisotopic (exact) mass is 300 g/mol. The number of amides is 1. The van der Waals surface area contributed by atoms with Crippen molar-refractivity contribution in [1.29, 1.82) is 0 Å². The van der Waals surface area contributed by atoms with Crippen LogP contribution >= 0.6 is 0 Å². The molecule has 124 valence electrons. The Morgan fingerprint density at radius 2 is 1.95 bits per heavy atom. The fourth-order valence-electron chi connectivity index (χ4n) is 2.48. The summed E-state index contributed by atoms with van der Waals surface area (Å²) in [6.07, 6.45) is 2.06. The predicted molar refractivity (Wildman–Crippen MR) is 84.6 cm³/mol. The summed E-state index contributed by atoms with van der Waals surface area (Å²) in [7, 11) is 0. The quantitative estimate of drug-likeness (QED) is 0.707. The van der Waals surface area contributed by atoms with E-state index in [1.165, 1.54) is 0 Å². The third-order valence-electron chi connectivity index (χ3n) is 3.60. The van der Waals surface area contributed by atoms with E-state index in [1.807, 2.05) is 32.6 Å². The van der Waals surface area contributed by atoms with Gasteiger partial charge in [-0.2, -0.15) is 0 Å². The first kappa shape index (κ1) is 18.2. The first-order valence-electron chi connectivity index (χ1n) is 8.13. The molecule has 21 heavy (non-hydrogen) atoms. The molecule has 0 aromatic heterocycles. The number of carbonyl (C=O) groups excluding carboxylic acids is 1. The van der Waals surface area contributed by atoms with Crippen molar-refractivity contribution in [3.8, 4) is 0 Å². The Hall–Kier alpha value is -0.810. The van der Waals surface area contributed by atoms with Gasteiger partial charge in [0, 0.05) is 38.9 Å². The molecule has 1 atom stereocenters.